The van der Waals surface area contributed by atoms with Crippen LogP contribution in [0.1, 0.15) is 27.6 Å². The molecular weight excluding hydrogens is 360 g/mol. The summed E-state index contributed by atoms with van der Waals surface area (Å²) in [5, 5.41) is 7.33. The second-order valence-electron chi connectivity index (χ2n) is 5.66. The highest BCUT2D eigenvalue weighted by Crippen LogP contribution is 2.24. The molecule has 10 heteroatoms. The molecule has 3 aromatic rings. The van der Waals surface area contributed by atoms with Crippen molar-refractivity contribution in [1.29, 1.82) is 0 Å². The second-order valence-corrected chi connectivity index (χ2v) is 7.56. The molecule has 0 aliphatic carbocycles. The summed E-state index contributed by atoms with van der Waals surface area (Å²) in [6, 6.07) is 6.21. The number of hydrogen-bond donors (Lipinski definition) is 0. The van der Waals surface area contributed by atoms with Crippen LogP contribution >= 0.6 is 0 Å². The fourth-order valence-electron chi connectivity index (χ4n) is 2.44. The molecule has 1 amide bonds. The smallest absolute Gasteiger partial charge is 0.271 e. The minimum absolute atomic E-state index is 0.105. The number of hydrogen-bond acceptors (Lipinski definition) is 8. The van der Waals surface area contributed by atoms with E-state index in [4.69, 9.17) is 9.05 Å². The lowest BCUT2D eigenvalue weighted by molar-refractivity contribution is 0.0883. The SMILES string of the molecule is Cc1noc(-c2ccc(C(=O)N(C)S(=O)(=O)c3c(C)noc3C)cc2)n1. The molecule has 0 aliphatic heterocycles. The summed E-state index contributed by atoms with van der Waals surface area (Å²) in [6.45, 7) is 4.68. The van der Waals surface area contributed by atoms with Crippen molar-refractivity contribution in [1.82, 2.24) is 19.6 Å². The summed E-state index contributed by atoms with van der Waals surface area (Å²) in [5.74, 6) is 0.256. The molecule has 0 N–H and O–H groups in total. The van der Waals surface area contributed by atoms with Crippen LogP contribution in [0.3, 0.4) is 0 Å². The lowest BCUT2D eigenvalue weighted by Crippen LogP contribution is -2.33. The Labute approximate surface area is 149 Å². The van der Waals surface area contributed by atoms with Crippen molar-refractivity contribution < 1.29 is 22.3 Å². The monoisotopic (exact) mass is 376 g/mol. The Morgan fingerprint density at radius 3 is 2.19 bits per heavy atom. The lowest BCUT2D eigenvalue weighted by atomic mass is 10.1. The third kappa shape index (κ3) is 2.99. The molecule has 0 radical (unpaired) electrons. The summed E-state index contributed by atoms with van der Waals surface area (Å²) < 4.78 is 36.0. The number of sulfonamides is 1. The fraction of sp³-hybridized carbons (Fsp3) is 0.250. The zero-order valence-corrected chi connectivity index (χ0v) is 15.4. The number of benzene rings is 1. The first-order valence-electron chi connectivity index (χ1n) is 7.58. The van der Waals surface area contributed by atoms with E-state index in [0.717, 1.165) is 0 Å². The second kappa shape index (κ2) is 6.37. The number of aromatic nitrogens is 3. The van der Waals surface area contributed by atoms with Gasteiger partial charge in [-0.2, -0.15) is 4.98 Å². The van der Waals surface area contributed by atoms with Crippen LogP contribution in [-0.4, -0.2) is 41.0 Å². The van der Waals surface area contributed by atoms with Gasteiger partial charge in [-0.15, -0.1) is 0 Å². The van der Waals surface area contributed by atoms with Gasteiger partial charge in [-0.3, -0.25) is 4.79 Å². The number of carbonyl (C=O) groups is 1. The third-order valence-corrected chi connectivity index (χ3v) is 5.76. The van der Waals surface area contributed by atoms with E-state index in [1.165, 1.54) is 33.0 Å². The van der Waals surface area contributed by atoms with Gasteiger partial charge in [0.05, 0.1) is 0 Å². The minimum Gasteiger partial charge on any atom is -0.360 e. The molecule has 0 aliphatic rings. The van der Waals surface area contributed by atoms with Crippen LogP contribution in [0.25, 0.3) is 11.5 Å². The summed E-state index contributed by atoms with van der Waals surface area (Å²) in [5.41, 5.74) is 1.02. The summed E-state index contributed by atoms with van der Waals surface area (Å²) >= 11 is 0. The highest BCUT2D eigenvalue weighted by molar-refractivity contribution is 7.89. The van der Waals surface area contributed by atoms with Crippen molar-refractivity contribution in [2.75, 3.05) is 7.05 Å². The standard InChI is InChI=1S/C16H16N4O5S/c1-9-14(10(2)24-18-9)26(22,23)20(4)16(21)13-7-5-12(6-8-13)15-17-11(3)19-25-15/h5-8H,1-4H3. The van der Waals surface area contributed by atoms with Gasteiger partial charge in [0.15, 0.2) is 16.5 Å². The normalized spacial score (nSPS) is 11.5. The first kappa shape index (κ1) is 17.8. The van der Waals surface area contributed by atoms with Crippen molar-refractivity contribution in [3.8, 4) is 11.5 Å². The average Bonchev–Trinajstić information content (AvgIpc) is 3.19. The van der Waals surface area contributed by atoms with E-state index >= 15 is 0 Å². The molecule has 0 bridgehead atoms. The summed E-state index contributed by atoms with van der Waals surface area (Å²) in [7, 11) is -2.88. The predicted molar refractivity (Wildman–Crippen MR) is 89.7 cm³/mol. The highest BCUT2D eigenvalue weighted by atomic mass is 32.2. The molecular formula is C16H16N4O5S. The number of carbonyl (C=O) groups excluding carboxylic acids is 1. The molecule has 2 heterocycles. The van der Waals surface area contributed by atoms with Crippen molar-refractivity contribution in [3.63, 3.8) is 0 Å². The summed E-state index contributed by atoms with van der Waals surface area (Å²) in [4.78, 5) is 16.6. The van der Waals surface area contributed by atoms with Crippen LogP contribution < -0.4 is 0 Å². The molecule has 3 rings (SSSR count). The molecule has 26 heavy (non-hydrogen) atoms. The Kier molecular flexibility index (Phi) is 4.36. The number of aryl methyl sites for hydroxylation is 3. The van der Waals surface area contributed by atoms with Gasteiger partial charge in [0.25, 0.3) is 21.8 Å². The van der Waals surface area contributed by atoms with Gasteiger partial charge in [0.2, 0.25) is 0 Å². The average molecular weight is 376 g/mol. The first-order chi connectivity index (χ1) is 12.2. The van der Waals surface area contributed by atoms with E-state index in [-0.39, 0.29) is 21.9 Å². The maximum absolute atomic E-state index is 12.7. The highest BCUT2D eigenvalue weighted by Gasteiger charge is 2.32. The van der Waals surface area contributed by atoms with Gasteiger partial charge in [0.1, 0.15) is 5.69 Å². The van der Waals surface area contributed by atoms with Crippen LogP contribution in [0.4, 0.5) is 0 Å². The van der Waals surface area contributed by atoms with E-state index in [0.29, 0.717) is 21.6 Å². The maximum Gasteiger partial charge on any atom is 0.271 e. The largest absolute Gasteiger partial charge is 0.360 e. The van der Waals surface area contributed by atoms with Gasteiger partial charge >= 0.3 is 0 Å². The van der Waals surface area contributed by atoms with E-state index in [1.807, 2.05) is 0 Å². The van der Waals surface area contributed by atoms with Gasteiger partial charge in [-0.25, -0.2) is 12.7 Å². The number of nitrogens with zero attached hydrogens (tertiary/aromatic N) is 4. The maximum atomic E-state index is 12.7. The molecule has 1 aromatic carbocycles. The van der Waals surface area contributed by atoms with Gasteiger partial charge in [-0.1, -0.05) is 10.3 Å². The Balaban J connectivity index is 1.89. The molecule has 0 fully saturated rings. The molecule has 0 saturated carbocycles. The predicted octanol–water partition coefficient (Wildman–Crippen LogP) is 2.11. The van der Waals surface area contributed by atoms with Gasteiger partial charge in [-0.05, 0) is 45.0 Å². The Bertz CT molecular complexity index is 1050. The quantitative estimate of drug-likeness (QED) is 0.679. The van der Waals surface area contributed by atoms with Crippen LogP contribution in [-0.2, 0) is 10.0 Å². The number of rotatable bonds is 4. The van der Waals surface area contributed by atoms with Crippen molar-refractivity contribution in [2.45, 2.75) is 25.7 Å². The molecule has 136 valence electrons. The molecule has 0 unspecified atom stereocenters. The lowest BCUT2D eigenvalue weighted by Gasteiger charge is -2.17. The van der Waals surface area contributed by atoms with Crippen molar-refractivity contribution >= 4 is 15.9 Å². The van der Waals surface area contributed by atoms with Crippen LogP contribution in [0.15, 0.2) is 38.2 Å². The third-order valence-electron chi connectivity index (χ3n) is 3.78. The Morgan fingerprint density at radius 2 is 1.69 bits per heavy atom. The Morgan fingerprint density at radius 1 is 1.04 bits per heavy atom. The Hall–Kier alpha value is -3.01. The van der Waals surface area contributed by atoms with Crippen LogP contribution in [0.5, 0.6) is 0 Å². The first-order valence-corrected chi connectivity index (χ1v) is 9.02. The zero-order chi connectivity index (χ0) is 19.1. The van der Waals surface area contributed by atoms with Crippen molar-refractivity contribution in [3.05, 3.63) is 47.1 Å². The molecule has 2 aromatic heterocycles. The van der Waals surface area contributed by atoms with E-state index in [9.17, 15) is 13.2 Å². The van der Waals surface area contributed by atoms with Crippen molar-refractivity contribution in [2.24, 2.45) is 0 Å². The van der Waals surface area contributed by atoms with Gasteiger partial charge in [0, 0.05) is 18.2 Å². The summed E-state index contributed by atoms with van der Waals surface area (Å²) in [6.07, 6.45) is 0. The molecule has 0 atom stereocenters. The van der Waals surface area contributed by atoms with E-state index < -0.39 is 15.9 Å². The van der Waals surface area contributed by atoms with E-state index in [2.05, 4.69) is 15.3 Å². The van der Waals surface area contributed by atoms with Gasteiger partial charge < -0.3 is 9.05 Å². The van der Waals surface area contributed by atoms with Crippen LogP contribution in [0.2, 0.25) is 0 Å². The molecule has 0 saturated heterocycles. The molecule has 9 nitrogen and oxygen atoms in total. The van der Waals surface area contributed by atoms with E-state index in [1.54, 1.807) is 19.1 Å². The fourth-order valence-corrected chi connectivity index (χ4v) is 3.85. The topological polar surface area (TPSA) is 119 Å². The zero-order valence-electron chi connectivity index (χ0n) is 14.5. The number of amides is 1. The molecule has 0 spiro atoms. The minimum atomic E-state index is -4.08. The van der Waals surface area contributed by atoms with Crippen LogP contribution in [0, 0.1) is 20.8 Å².